The molecular weight excluding hydrogens is 374 g/mol. The van der Waals surface area contributed by atoms with Crippen molar-refractivity contribution in [3.63, 3.8) is 0 Å². The van der Waals surface area contributed by atoms with Crippen LogP contribution in [0.15, 0.2) is 34.1 Å². The van der Waals surface area contributed by atoms with E-state index in [9.17, 15) is 9.59 Å². The van der Waals surface area contributed by atoms with Gasteiger partial charge in [0.05, 0.1) is 30.0 Å². The Kier molecular flexibility index (Phi) is 4.37. The van der Waals surface area contributed by atoms with Gasteiger partial charge in [-0.05, 0) is 24.5 Å². The molecular formula is C21H23N3O5. The zero-order chi connectivity index (χ0) is 20.9. The van der Waals surface area contributed by atoms with Gasteiger partial charge in [0.25, 0.3) is 0 Å². The number of anilines is 2. The van der Waals surface area contributed by atoms with Gasteiger partial charge < -0.3 is 25.4 Å². The van der Waals surface area contributed by atoms with Crippen LogP contribution in [0.3, 0.4) is 0 Å². The summed E-state index contributed by atoms with van der Waals surface area (Å²) in [7, 11) is 0. The van der Waals surface area contributed by atoms with E-state index >= 15 is 0 Å². The maximum Gasteiger partial charge on any atom is 0.344 e. The number of nitrogen functional groups attached to an aromatic ring is 2. The fourth-order valence-electron chi connectivity index (χ4n) is 4.08. The number of nitrogens with two attached hydrogens (primary N) is 2. The topological polar surface area (TPSA) is 131 Å². The average Bonchev–Trinajstić information content (AvgIpc) is 3.13. The lowest BCUT2D eigenvalue weighted by Crippen LogP contribution is -2.34. The van der Waals surface area contributed by atoms with Crippen molar-refractivity contribution < 1.29 is 23.5 Å². The Labute approximate surface area is 167 Å². The molecule has 0 amide bonds. The van der Waals surface area contributed by atoms with E-state index in [0.717, 1.165) is 0 Å². The third kappa shape index (κ3) is 3.04. The van der Waals surface area contributed by atoms with Crippen molar-refractivity contribution in [3.05, 3.63) is 46.6 Å². The van der Waals surface area contributed by atoms with Gasteiger partial charge in [-0.1, -0.05) is 13.8 Å². The van der Waals surface area contributed by atoms with Crippen molar-refractivity contribution >= 4 is 23.3 Å². The molecule has 0 aromatic carbocycles. The summed E-state index contributed by atoms with van der Waals surface area (Å²) in [6, 6.07) is 3.49. The normalized spacial score (nSPS) is 20.0. The Hall–Kier alpha value is -3.29. The van der Waals surface area contributed by atoms with E-state index in [4.69, 9.17) is 25.4 Å². The summed E-state index contributed by atoms with van der Waals surface area (Å²) in [4.78, 5) is 29.8. The molecule has 1 aliphatic carbocycles. The van der Waals surface area contributed by atoms with Crippen LogP contribution < -0.4 is 16.2 Å². The largest absolute Gasteiger partial charge is 0.468 e. The first-order valence-corrected chi connectivity index (χ1v) is 9.47. The minimum Gasteiger partial charge on any atom is -0.468 e. The fourth-order valence-corrected chi connectivity index (χ4v) is 4.08. The van der Waals surface area contributed by atoms with Gasteiger partial charge in [-0.15, -0.1) is 0 Å². The third-order valence-electron chi connectivity index (χ3n) is 5.25. The maximum absolute atomic E-state index is 13.1. The molecule has 2 aromatic rings. The lowest BCUT2D eigenvalue weighted by molar-refractivity contribution is -0.118. The minimum atomic E-state index is -0.674. The molecule has 4 N–H and O–H groups in total. The predicted octanol–water partition coefficient (Wildman–Crippen LogP) is 3.18. The second-order valence-corrected chi connectivity index (χ2v) is 8.05. The first-order valence-electron chi connectivity index (χ1n) is 9.47. The molecule has 2 aliphatic rings. The van der Waals surface area contributed by atoms with Crippen molar-refractivity contribution in [2.75, 3.05) is 18.1 Å². The van der Waals surface area contributed by atoms with Crippen LogP contribution >= 0.6 is 0 Å². The maximum atomic E-state index is 13.1. The Morgan fingerprint density at radius 1 is 1.34 bits per heavy atom. The van der Waals surface area contributed by atoms with Crippen LogP contribution in [0, 0.1) is 5.41 Å². The summed E-state index contributed by atoms with van der Waals surface area (Å²) >= 11 is 0. The standard InChI is InChI=1S/C21H23N3O5/c1-4-27-20(26)16-17(22)15-14(11-6-5-7-28-11)13-10(25)8-21(2,3)9-12(13)29-19(15)24-18(16)23/h5-7,14H,4,8-9H2,1-3H3,(H4,22,23,24). The van der Waals surface area contributed by atoms with E-state index in [1.165, 1.54) is 6.26 Å². The molecule has 3 heterocycles. The van der Waals surface area contributed by atoms with Crippen LogP contribution in [-0.2, 0) is 9.53 Å². The molecule has 0 fully saturated rings. The number of hydrogen-bond donors (Lipinski definition) is 2. The highest BCUT2D eigenvalue weighted by molar-refractivity contribution is 6.03. The van der Waals surface area contributed by atoms with E-state index in [1.54, 1.807) is 19.1 Å². The number of nitrogens with zero attached hydrogens (tertiary/aromatic N) is 1. The zero-order valence-corrected chi connectivity index (χ0v) is 16.6. The van der Waals surface area contributed by atoms with Crippen molar-refractivity contribution in [1.29, 1.82) is 0 Å². The van der Waals surface area contributed by atoms with Crippen LogP contribution in [0.1, 0.15) is 61.2 Å². The number of pyridine rings is 1. The molecule has 0 saturated carbocycles. The molecule has 0 spiro atoms. The number of Topliss-reactive ketones (excluding diaryl/α,β-unsaturated/α-hetero) is 1. The summed E-state index contributed by atoms with van der Waals surface area (Å²) in [6.45, 7) is 5.87. The summed E-state index contributed by atoms with van der Waals surface area (Å²) in [5, 5.41) is 0. The Morgan fingerprint density at radius 2 is 2.10 bits per heavy atom. The van der Waals surface area contributed by atoms with E-state index in [-0.39, 0.29) is 40.8 Å². The number of allylic oxidation sites excluding steroid dienone is 2. The number of carbonyl (C=O) groups excluding carboxylic acids is 2. The molecule has 1 atom stereocenters. The van der Waals surface area contributed by atoms with E-state index < -0.39 is 11.9 Å². The molecule has 0 radical (unpaired) electrons. The van der Waals surface area contributed by atoms with Gasteiger partial charge in [0.1, 0.15) is 22.9 Å². The lowest BCUT2D eigenvalue weighted by atomic mass is 9.71. The average molecular weight is 397 g/mol. The number of ketones is 1. The van der Waals surface area contributed by atoms with E-state index in [0.29, 0.717) is 35.5 Å². The second kappa shape index (κ2) is 6.65. The van der Waals surface area contributed by atoms with Gasteiger partial charge in [-0.3, -0.25) is 4.79 Å². The molecule has 1 aliphatic heterocycles. The highest BCUT2D eigenvalue weighted by Crippen LogP contribution is 2.52. The van der Waals surface area contributed by atoms with Crippen molar-refractivity contribution in [2.24, 2.45) is 5.41 Å². The molecule has 152 valence electrons. The van der Waals surface area contributed by atoms with Gasteiger partial charge >= 0.3 is 5.97 Å². The molecule has 1 unspecified atom stereocenters. The van der Waals surface area contributed by atoms with Crippen LogP contribution in [0.4, 0.5) is 11.5 Å². The van der Waals surface area contributed by atoms with Gasteiger partial charge in [0.15, 0.2) is 5.78 Å². The molecule has 8 heteroatoms. The highest BCUT2D eigenvalue weighted by atomic mass is 16.5. The first kappa shape index (κ1) is 19.0. The van der Waals surface area contributed by atoms with Gasteiger partial charge in [-0.25, -0.2) is 4.79 Å². The molecule has 0 bridgehead atoms. The number of hydrogen-bond acceptors (Lipinski definition) is 8. The highest BCUT2D eigenvalue weighted by Gasteiger charge is 2.45. The second-order valence-electron chi connectivity index (χ2n) is 8.05. The number of esters is 1. The zero-order valence-electron chi connectivity index (χ0n) is 16.6. The summed E-state index contributed by atoms with van der Waals surface area (Å²) < 4.78 is 16.7. The number of aromatic nitrogens is 1. The molecule has 4 rings (SSSR count). The molecule has 8 nitrogen and oxygen atoms in total. The molecule has 2 aromatic heterocycles. The van der Waals surface area contributed by atoms with Crippen LogP contribution in [0.2, 0.25) is 0 Å². The first-order chi connectivity index (χ1) is 13.7. The number of rotatable bonds is 3. The summed E-state index contributed by atoms with van der Waals surface area (Å²) in [6.07, 6.45) is 2.45. The third-order valence-corrected chi connectivity index (χ3v) is 5.25. The number of ether oxygens (including phenoxy) is 2. The van der Waals surface area contributed by atoms with Crippen molar-refractivity contribution in [1.82, 2.24) is 4.98 Å². The van der Waals surface area contributed by atoms with Crippen LogP contribution in [0.5, 0.6) is 5.88 Å². The van der Waals surface area contributed by atoms with E-state index in [2.05, 4.69) is 4.98 Å². The molecule has 0 saturated heterocycles. The van der Waals surface area contributed by atoms with Crippen LogP contribution in [0.25, 0.3) is 0 Å². The minimum absolute atomic E-state index is 0.0293. The fraction of sp³-hybridized carbons (Fsp3) is 0.381. The van der Waals surface area contributed by atoms with Gasteiger partial charge in [-0.2, -0.15) is 4.98 Å². The summed E-state index contributed by atoms with van der Waals surface area (Å²) in [5.41, 5.74) is 13.1. The van der Waals surface area contributed by atoms with Crippen molar-refractivity contribution in [2.45, 2.75) is 39.5 Å². The summed E-state index contributed by atoms with van der Waals surface area (Å²) in [5.74, 6) is -0.196. The van der Waals surface area contributed by atoms with Gasteiger partial charge in [0.2, 0.25) is 5.88 Å². The van der Waals surface area contributed by atoms with Crippen molar-refractivity contribution in [3.8, 4) is 5.88 Å². The van der Waals surface area contributed by atoms with Gasteiger partial charge in [0, 0.05) is 18.4 Å². The quantitative estimate of drug-likeness (QED) is 0.755. The van der Waals surface area contributed by atoms with Crippen LogP contribution in [-0.4, -0.2) is 23.3 Å². The Morgan fingerprint density at radius 3 is 2.76 bits per heavy atom. The number of fused-ring (bicyclic) bond motifs is 1. The Bertz CT molecular complexity index is 1040. The monoisotopic (exact) mass is 397 g/mol. The SMILES string of the molecule is CCOC(=O)c1c(N)nc2c(c1N)C(c1ccco1)C1=C(CC(C)(C)CC1=O)O2. The number of carbonyl (C=O) groups is 2. The number of furan rings is 1. The van der Waals surface area contributed by atoms with E-state index in [1.807, 2.05) is 13.8 Å². The Balaban J connectivity index is 1.96. The lowest BCUT2D eigenvalue weighted by Gasteiger charge is -2.37. The molecule has 29 heavy (non-hydrogen) atoms. The smallest absolute Gasteiger partial charge is 0.344 e. The predicted molar refractivity (Wildman–Crippen MR) is 105 cm³/mol.